The van der Waals surface area contributed by atoms with E-state index in [1.54, 1.807) is 12.1 Å². The summed E-state index contributed by atoms with van der Waals surface area (Å²) in [5.41, 5.74) is 7.82. The van der Waals surface area contributed by atoms with Crippen LogP contribution < -0.4 is 11.1 Å². The third-order valence-corrected chi connectivity index (χ3v) is 2.85. The van der Waals surface area contributed by atoms with Gasteiger partial charge in [-0.3, -0.25) is 0 Å². The predicted molar refractivity (Wildman–Crippen MR) is 68.2 cm³/mol. The summed E-state index contributed by atoms with van der Waals surface area (Å²) >= 11 is 3.34. The molecule has 0 aliphatic rings. The van der Waals surface area contributed by atoms with E-state index in [4.69, 9.17) is 5.73 Å². The zero-order valence-electron chi connectivity index (χ0n) is 8.37. The van der Waals surface area contributed by atoms with Crippen LogP contribution in [0.15, 0.2) is 46.9 Å². The molecule has 0 fully saturated rings. The second-order valence-corrected chi connectivity index (χ2v) is 4.19. The molecule has 2 aromatic rings. The zero-order chi connectivity index (χ0) is 11.5. The van der Waals surface area contributed by atoms with E-state index in [-0.39, 0.29) is 5.82 Å². The lowest BCUT2D eigenvalue weighted by Crippen LogP contribution is -1.96. The molecule has 0 bridgehead atoms. The summed E-state index contributed by atoms with van der Waals surface area (Å²) in [6.45, 7) is 0. The Balaban J connectivity index is 2.34. The van der Waals surface area contributed by atoms with Crippen molar-refractivity contribution in [2.75, 3.05) is 11.1 Å². The SMILES string of the molecule is Nc1ccccc1Nc1cc(F)ccc1Br. The molecule has 3 N–H and O–H groups in total. The number of halogens is 2. The number of nitrogens with one attached hydrogen (secondary N) is 1. The molecule has 0 amide bonds. The summed E-state index contributed by atoms with van der Waals surface area (Å²) < 4.78 is 13.8. The van der Waals surface area contributed by atoms with Crippen molar-refractivity contribution in [3.8, 4) is 0 Å². The van der Waals surface area contributed by atoms with Crippen molar-refractivity contribution < 1.29 is 4.39 Å². The van der Waals surface area contributed by atoms with E-state index in [0.29, 0.717) is 11.4 Å². The highest BCUT2D eigenvalue weighted by Crippen LogP contribution is 2.28. The molecule has 4 heteroatoms. The van der Waals surface area contributed by atoms with Gasteiger partial charge in [0, 0.05) is 4.47 Å². The first-order valence-corrected chi connectivity index (χ1v) is 5.53. The van der Waals surface area contributed by atoms with Crippen LogP contribution in [0.1, 0.15) is 0 Å². The van der Waals surface area contributed by atoms with Gasteiger partial charge in [0.25, 0.3) is 0 Å². The Bertz CT molecular complexity index is 514. The van der Waals surface area contributed by atoms with Crippen LogP contribution in [-0.4, -0.2) is 0 Å². The number of nitrogens with two attached hydrogens (primary N) is 1. The Kier molecular flexibility index (Phi) is 3.10. The van der Waals surface area contributed by atoms with Gasteiger partial charge in [-0.25, -0.2) is 4.39 Å². The highest BCUT2D eigenvalue weighted by Gasteiger charge is 2.03. The summed E-state index contributed by atoms with van der Waals surface area (Å²) in [6, 6.07) is 11.8. The molecule has 0 spiro atoms. The molecule has 16 heavy (non-hydrogen) atoms. The first kappa shape index (κ1) is 11.0. The van der Waals surface area contributed by atoms with Crippen LogP contribution in [0.2, 0.25) is 0 Å². The Hall–Kier alpha value is -1.55. The topological polar surface area (TPSA) is 38.0 Å². The highest BCUT2D eigenvalue weighted by atomic mass is 79.9. The molecule has 0 aliphatic heterocycles. The van der Waals surface area contributed by atoms with Crippen LogP contribution in [0.25, 0.3) is 0 Å². The minimum atomic E-state index is -0.291. The van der Waals surface area contributed by atoms with Crippen molar-refractivity contribution in [3.63, 3.8) is 0 Å². The number of hydrogen-bond acceptors (Lipinski definition) is 2. The van der Waals surface area contributed by atoms with E-state index < -0.39 is 0 Å². The van der Waals surface area contributed by atoms with Gasteiger partial charge in [0.15, 0.2) is 0 Å². The largest absolute Gasteiger partial charge is 0.397 e. The lowest BCUT2D eigenvalue weighted by Gasteiger charge is -2.10. The molecule has 0 saturated heterocycles. The molecule has 82 valence electrons. The van der Waals surface area contributed by atoms with E-state index in [1.165, 1.54) is 12.1 Å². The smallest absolute Gasteiger partial charge is 0.125 e. The van der Waals surface area contributed by atoms with E-state index in [2.05, 4.69) is 21.2 Å². The standard InChI is InChI=1S/C12H10BrFN2/c13-9-6-5-8(14)7-12(9)16-11-4-2-1-3-10(11)15/h1-7,16H,15H2. The summed E-state index contributed by atoms with van der Waals surface area (Å²) in [7, 11) is 0. The van der Waals surface area contributed by atoms with Gasteiger partial charge < -0.3 is 11.1 Å². The van der Waals surface area contributed by atoms with E-state index in [0.717, 1.165) is 10.2 Å². The Morgan fingerprint density at radius 3 is 2.56 bits per heavy atom. The van der Waals surface area contributed by atoms with Gasteiger partial charge in [0.05, 0.1) is 17.1 Å². The average Bonchev–Trinajstić information content (AvgIpc) is 2.27. The molecule has 0 atom stereocenters. The van der Waals surface area contributed by atoms with Crippen LogP contribution in [0.3, 0.4) is 0 Å². The fourth-order valence-corrected chi connectivity index (χ4v) is 1.69. The second-order valence-electron chi connectivity index (χ2n) is 3.34. The second kappa shape index (κ2) is 4.53. The number of nitrogen functional groups attached to an aromatic ring is 1. The molecule has 0 saturated carbocycles. The van der Waals surface area contributed by atoms with Crippen molar-refractivity contribution in [1.29, 1.82) is 0 Å². The van der Waals surface area contributed by atoms with E-state index >= 15 is 0 Å². The average molecular weight is 281 g/mol. The van der Waals surface area contributed by atoms with Crippen molar-refractivity contribution in [2.45, 2.75) is 0 Å². The number of rotatable bonds is 2. The number of para-hydroxylation sites is 2. The maximum Gasteiger partial charge on any atom is 0.125 e. The molecular formula is C12H10BrFN2. The normalized spacial score (nSPS) is 10.1. The van der Waals surface area contributed by atoms with Crippen LogP contribution in [-0.2, 0) is 0 Å². The Morgan fingerprint density at radius 2 is 1.81 bits per heavy atom. The molecule has 0 radical (unpaired) electrons. The van der Waals surface area contributed by atoms with Gasteiger partial charge in [-0.15, -0.1) is 0 Å². The van der Waals surface area contributed by atoms with Crippen LogP contribution >= 0.6 is 15.9 Å². The Morgan fingerprint density at radius 1 is 1.06 bits per heavy atom. The first-order chi connectivity index (χ1) is 7.66. The van der Waals surface area contributed by atoms with E-state index in [1.807, 2.05) is 18.2 Å². The molecule has 0 unspecified atom stereocenters. The van der Waals surface area contributed by atoms with Crippen LogP contribution in [0, 0.1) is 5.82 Å². The van der Waals surface area contributed by atoms with Gasteiger partial charge in [0.2, 0.25) is 0 Å². The van der Waals surface area contributed by atoms with Crippen molar-refractivity contribution in [3.05, 3.63) is 52.8 Å². The number of anilines is 3. The predicted octanol–water partition coefficient (Wildman–Crippen LogP) is 3.91. The third-order valence-electron chi connectivity index (χ3n) is 2.16. The van der Waals surface area contributed by atoms with Crippen LogP contribution in [0.4, 0.5) is 21.5 Å². The monoisotopic (exact) mass is 280 g/mol. The van der Waals surface area contributed by atoms with Gasteiger partial charge in [-0.05, 0) is 46.3 Å². The maximum absolute atomic E-state index is 13.1. The van der Waals surface area contributed by atoms with Crippen molar-refractivity contribution in [2.24, 2.45) is 0 Å². The zero-order valence-corrected chi connectivity index (χ0v) is 9.96. The summed E-state index contributed by atoms with van der Waals surface area (Å²) in [5, 5.41) is 3.07. The molecule has 2 rings (SSSR count). The van der Waals surface area contributed by atoms with Gasteiger partial charge in [-0.1, -0.05) is 12.1 Å². The minimum Gasteiger partial charge on any atom is -0.397 e. The van der Waals surface area contributed by atoms with Crippen molar-refractivity contribution in [1.82, 2.24) is 0 Å². The molecule has 2 aromatic carbocycles. The molecular weight excluding hydrogens is 271 g/mol. The molecule has 2 nitrogen and oxygen atoms in total. The highest BCUT2D eigenvalue weighted by molar-refractivity contribution is 9.10. The Labute approximate surface area is 101 Å². The van der Waals surface area contributed by atoms with Gasteiger partial charge in [-0.2, -0.15) is 0 Å². The van der Waals surface area contributed by atoms with Gasteiger partial charge in [0.1, 0.15) is 5.82 Å². The van der Waals surface area contributed by atoms with Crippen molar-refractivity contribution >= 4 is 33.0 Å². The first-order valence-electron chi connectivity index (χ1n) is 4.73. The molecule has 0 aromatic heterocycles. The maximum atomic E-state index is 13.1. The fraction of sp³-hybridized carbons (Fsp3) is 0. The fourth-order valence-electron chi connectivity index (χ4n) is 1.35. The lowest BCUT2D eigenvalue weighted by molar-refractivity contribution is 0.628. The minimum absolute atomic E-state index is 0.291. The molecule has 0 aliphatic carbocycles. The summed E-state index contributed by atoms with van der Waals surface area (Å²) in [4.78, 5) is 0. The summed E-state index contributed by atoms with van der Waals surface area (Å²) in [5.74, 6) is -0.291. The van der Waals surface area contributed by atoms with Crippen LogP contribution in [0.5, 0.6) is 0 Å². The number of benzene rings is 2. The van der Waals surface area contributed by atoms with Gasteiger partial charge >= 0.3 is 0 Å². The number of hydrogen-bond donors (Lipinski definition) is 2. The molecule has 0 heterocycles. The third kappa shape index (κ3) is 2.33. The quantitative estimate of drug-likeness (QED) is 0.819. The summed E-state index contributed by atoms with van der Waals surface area (Å²) in [6.07, 6.45) is 0. The van der Waals surface area contributed by atoms with E-state index in [9.17, 15) is 4.39 Å². The lowest BCUT2D eigenvalue weighted by atomic mass is 10.2.